The first kappa shape index (κ1) is 19.2. The van der Waals surface area contributed by atoms with Gasteiger partial charge in [0.15, 0.2) is 17.5 Å². The molecule has 27 heavy (non-hydrogen) atoms. The molecule has 0 spiro atoms. The number of aryl methyl sites for hydroxylation is 1. The second-order valence-electron chi connectivity index (χ2n) is 6.10. The first-order valence-corrected chi connectivity index (χ1v) is 9.93. The molecule has 1 heterocycles. The average Bonchev–Trinajstić information content (AvgIpc) is 2.65. The van der Waals surface area contributed by atoms with Gasteiger partial charge in [0.1, 0.15) is 0 Å². The van der Waals surface area contributed by atoms with E-state index in [1.54, 1.807) is 19.1 Å². The van der Waals surface area contributed by atoms with Crippen molar-refractivity contribution in [3.8, 4) is 0 Å². The minimum Gasteiger partial charge on any atom is -0.322 e. The third-order valence-corrected chi connectivity index (χ3v) is 6.17. The summed E-state index contributed by atoms with van der Waals surface area (Å²) in [6, 6.07) is 6.18. The Kier molecular flexibility index (Phi) is 5.14. The van der Waals surface area contributed by atoms with Crippen molar-refractivity contribution < 1.29 is 26.4 Å². The summed E-state index contributed by atoms with van der Waals surface area (Å²) in [5.41, 5.74) is 0.947. The molecule has 5 nitrogen and oxygen atoms in total. The topological polar surface area (TPSA) is 66.5 Å². The number of fused-ring (bicyclic) bond motifs is 1. The van der Waals surface area contributed by atoms with Crippen LogP contribution in [0.2, 0.25) is 0 Å². The van der Waals surface area contributed by atoms with Crippen LogP contribution in [0.15, 0.2) is 30.3 Å². The van der Waals surface area contributed by atoms with Crippen LogP contribution in [0.1, 0.15) is 29.3 Å². The molecule has 0 saturated heterocycles. The van der Waals surface area contributed by atoms with Gasteiger partial charge in [-0.15, -0.1) is 0 Å². The quantitative estimate of drug-likeness (QED) is 0.803. The number of anilines is 2. The second kappa shape index (κ2) is 7.22. The van der Waals surface area contributed by atoms with Gasteiger partial charge in [-0.1, -0.05) is 0 Å². The highest BCUT2D eigenvalue weighted by Crippen LogP contribution is 2.32. The summed E-state index contributed by atoms with van der Waals surface area (Å²) < 4.78 is 65.8. The van der Waals surface area contributed by atoms with Gasteiger partial charge in [-0.05, 0) is 55.7 Å². The van der Waals surface area contributed by atoms with Gasteiger partial charge in [0.05, 0.1) is 17.0 Å². The van der Waals surface area contributed by atoms with Crippen LogP contribution in [0.4, 0.5) is 24.5 Å². The van der Waals surface area contributed by atoms with Crippen LogP contribution >= 0.6 is 0 Å². The zero-order chi connectivity index (χ0) is 19.8. The molecular formula is C18H17F3N2O3S. The number of amides is 1. The molecule has 0 unspecified atom stereocenters. The number of nitrogens with one attached hydrogen (secondary N) is 1. The van der Waals surface area contributed by atoms with Gasteiger partial charge in [0, 0.05) is 12.2 Å². The van der Waals surface area contributed by atoms with Crippen molar-refractivity contribution in [1.82, 2.24) is 0 Å². The summed E-state index contributed by atoms with van der Waals surface area (Å²) in [4.78, 5) is 12.2. The molecule has 1 aliphatic heterocycles. The third-order valence-electron chi connectivity index (χ3n) is 4.39. The summed E-state index contributed by atoms with van der Waals surface area (Å²) in [6.07, 6.45) is 1.25. The van der Waals surface area contributed by atoms with Crippen LogP contribution in [-0.4, -0.2) is 26.6 Å². The van der Waals surface area contributed by atoms with Crippen LogP contribution < -0.4 is 9.62 Å². The van der Waals surface area contributed by atoms with Crippen LogP contribution in [0.25, 0.3) is 0 Å². The third kappa shape index (κ3) is 3.64. The number of carbonyl (C=O) groups is 1. The normalized spacial score (nSPS) is 14.0. The Bertz CT molecular complexity index is 1010. The predicted molar refractivity (Wildman–Crippen MR) is 95.8 cm³/mol. The number of rotatable bonds is 4. The molecule has 9 heteroatoms. The predicted octanol–water partition coefficient (Wildman–Crippen LogP) is 3.46. The van der Waals surface area contributed by atoms with Crippen molar-refractivity contribution in [3.05, 3.63) is 58.9 Å². The summed E-state index contributed by atoms with van der Waals surface area (Å²) in [5, 5.41) is 2.43. The van der Waals surface area contributed by atoms with Crippen molar-refractivity contribution >= 4 is 27.3 Å². The second-order valence-corrected chi connectivity index (χ2v) is 8.28. The molecular weight excluding hydrogens is 381 g/mol. The van der Waals surface area contributed by atoms with E-state index in [2.05, 4.69) is 5.32 Å². The van der Waals surface area contributed by atoms with Gasteiger partial charge in [-0.3, -0.25) is 9.10 Å². The minimum absolute atomic E-state index is 0.0274. The Hall–Kier alpha value is -2.55. The van der Waals surface area contributed by atoms with Crippen LogP contribution in [0.3, 0.4) is 0 Å². The number of hydrogen-bond donors (Lipinski definition) is 1. The molecule has 0 saturated carbocycles. The molecule has 0 fully saturated rings. The number of sulfonamides is 1. The fourth-order valence-corrected chi connectivity index (χ4v) is 4.18. The summed E-state index contributed by atoms with van der Waals surface area (Å²) in [6.45, 7) is 1.95. The molecule has 0 bridgehead atoms. The molecule has 1 amide bonds. The molecule has 0 aliphatic carbocycles. The van der Waals surface area contributed by atoms with E-state index in [0.29, 0.717) is 36.8 Å². The highest BCUT2D eigenvalue weighted by Gasteiger charge is 2.26. The van der Waals surface area contributed by atoms with Gasteiger partial charge in [0.2, 0.25) is 10.0 Å². The van der Waals surface area contributed by atoms with E-state index in [4.69, 9.17) is 0 Å². The number of halogens is 3. The smallest absolute Gasteiger partial charge is 0.258 e. The number of benzene rings is 2. The maximum atomic E-state index is 13.8. The fourth-order valence-electron chi connectivity index (χ4n) is 2.98. The van der Waals surface area contributed by atoms with Crippen LogP contribution in [0, 0.1) is 17.5 Å². The number of hydrogen-bond acceptors (Lipinski definition) is 3. The summed E-state index contributed by atoms with van der Waals surface area (Å²) in [7, 11) is -3.41. The molecule has 0 atom stereocenters. The van der Waals surface area contributed by atoms with E-state index in [1.807, 2.05) is 0 Å². The molecule has 2 aromatic carbocycles. The number of carbonyl (C=O) groups excluding carboxylic acids is 1. The molecule has 144 valence electrons. The Balaban J connectivity index is 1.88. The van der Waals surface area contributed by atoms with E-state index in [-0.39, 0.29) is 5.75 Å². The monoisotopic (exact) mass is 398 g/mol. The van der Waals surface area contributed by atoms with Crippen molar-refractivity contribution in [1.29, 1.82) is 0 Å². The molecule has 2 aromatic rings. The lowest BCUT2D eigenvalue weighted by Gasteiger charge is -2.30. The highest BCUT2D eigenvalue weighted by atomic mass is 32.2. The largest absolute Gasteiger partial charge is 0.322 e. The molecule has 3 rings (SSSR count). The average molecular weight is 398 g/mol. The zero-order valence-corrected chi connectivity index (χ0v) is 15.2. The summed E-state index contributed by atoms with van der Waals surface area (Å²) in [5.74, 6) is -5.62. The van der Waals surface area contributed by atoms with E-state index in [9.17, 15) is 26.4 Å². The zero-order valence-electron chi connectivity index (χ0n) is 14.4. The Labute approximate surface area is 154 Å². The first-order valence-electron chi connectivity index (χ1n) is 8.32. The van der Waals surface area contributed by atoms with Gasteiger partial charge >= 0.3 is 0 Å². The maximum absolute atomic E-state index is 13.8. The van der Waals surface area contributed by atoms with Crippen LogP contribution in [-0.2, 0) is 16.4 Å². The standard InChI is InChI=1S/C18H17F3N2O3S/c1-2-27(25,26)23-9-3-4-11-10-12(5-8-15(11)23)22-18(24)13-6-7-14(19)17(21)16(13)20/h5-8,10H,2-4,9H2,1H3,(H,22,24). The van der Waals surface area contributed by atoms with Crippen molar-refractivity contribution in [3.63, 3.8) is 0 Å². The molecule has 0 radical (unpaired) electrons. The van der Waals surface area contributed by atoms with Crippen molar-refractivity contribution in [2.24, 2.45) is 0 Å². The van der Waals surface area contributed by atoms with Gasteiger partial charge in [-0.25, -0.2) is 21.6 Å². The van der Waals surface area contributed by atoms with Crippen molar-refractivity contribution in [2.75, 3.05) is 21.9 Å². The highest BCUT2D eigenvalue weighted by molar-refractivity contribution is 7.92. The molecule has 1 aliphatic rings. The van der Waals surface area contributed by atoms with E-state index in [1.165, 1.54) is 10.4 Å². The minimum atomic E-state index is -3.41. The number of nitrogens with zero attached hydrogens (tertiary/aromatic N) is 1. The van der Waals surface area contributed by atoms with Crippen molar-refractivity contribution in [2.45, 2.75) is 19.8 Å². The summed E-state index contributed by atoms with van der Waals surface area (Å²) >= 11 is 0. The lowest BCUT2D eigenvalue weighted by Crippen LogP contribution is -2.36. The first-order chi connectivity index (χ1) is 12.7. The maximum Gasteiger partial charge on any atom is 0.258 e. The van der Waals surface area contributed by atoms with Crippen LogP contribution in [0.5, 0.6) is 0 Å². The Morgan fingerprint density at radius 1 is 1.15 bits per heavy atom. The lowest BCUT2D eigenvalue weighted by molar-refractivity contribution is 0.102. The Morgan fingerprint density at radius 3 is 2.59 bits per heavy atom. The van der Waals surface area contributed by atoms with Gasteiger partial charge in [0.25, 0.3) is 5.91 Å². The Morgan fingerprint density at radius 2 is 1.89 bits per heavy atom. The molecule has 0 aromatic heterocycles. The SMILES string of the molecule is CCS(=O)(=O)N1CCCc2cc(NC(=O)c3ccc(F)c(F)c3F)ccc21. The van der Waals surface area contributed by atoms with E-state index >= 15 is 0 Å². The lowest BCUT2D eigenvalue weighted by atomic mass is 10.0. The fraction of sp³-hybridized carbons (Fsp3) is 0.278. The van der Waals surface area contributed by atoms with Gasteiger partial charge < -0.3 is 5.32 Å². The molecule has 1 N–H and O–H groups in total. The van der Waals surface area contributed by atoms with E-state index < -0.39 is 38.9 Å². The van der Waals surface area contributed by atoms with E-state index in [0.717, 1.165) is 11.6 Å². The van der Waals surface area contributed by atoms with Gasteiger partial charge in [-0.2, -0.15) is 0 Å².